The van der Waals surface area contributed by atoms with Crippen molar-refractivity contribution >= 4 is 22.9 Å². The van der Waals surface area contributed by atoms with Crippen molar-refractivity contribution in [3.05, 3.63) is 64.1 Å². The standard InChI is InChI=1S/C20H21ClN2O2S/c1-23(11-14-7-9-15(21)10-8-14)12-16-13-26-20(22-16)17-5-4-6-18(24-2)19(17)25-3/h4-10,13H,11-12H2,1-3H3. The van der Waals surface area contributed by atoms with E-state index in [0.717, 1.165) is 34.4 Å². The molecule has 0 aliphatic carbocycles. The summed E-state index contributed by atoms with van der Waals surface area (Å²) in [7, 11) is 5.37. The molecular formula is C20H21ClN2O2S. The van der Waals surface area contributed by atoms with E-state index in [1.807, 2.05) is 42.5 Å². The van der Waals surface area contributed by atoms with Gasteiger partial charge in [0, 0.05) is 23.5 Å². The fourth-order valence-electron chi connectivity index (χ4n) is 2.79. The second-order valence-corrected chi connectivity index (χ2v) is 7.28. The minimum absolute atomic E-state index is 0.710. The van der Waals surface area contributed by atoms with E-state index in [0.29, 0.717) is 11.5 Å². The normalized spacial score (nSPS) is 11.0. The Kier molecular flexibility index (Phi) is 6.14. The third-order valence-electron chi connectivity index (χ3n) is 3.98. The van der Waals surface area contributed by atoms with E-state index in [4.69, 9.17) is 26.1 Å². The van der Waals surface area contributed by atoms with Crippen molar-refractivity contribution in [2.75, 3.05) is 21.3 Å². The summed E-state index contributed by atoms with van der Waals surface area (Å²) >= 11 is 7.55. The third kappa shape index (κ3) is 4.36. The van der Waals surface area contributed by atoms with Gasteiger partial charge in [-0.15, -0.1) is 11.3 Å². The van der Waals surface area contributed by atoms with Crippen molar-refractivity contribution in [1.82, 2.24) is 9.88 Å². The fraction of sp³-hybridized carbons (Fsp3) is 0.250. The Bertz CT molecular complexity index is 865. The van der Waals surface area contributed by atoms with Gasteiger partial charge in [-0.3, -0.25) is 4.90 Å². The topological polar surface area (TPSA) is 34.6 Å². The molecule has 0 aliphatic rings. The SMILES string of the molecule is COc1cccc(-c2nc(CN(C)Cc3ccc(Cl)cc3)cs2)c1OC. The number of aromatic nitrogens is 1. The molecule has 136 valence electrons. The summed E-state index contributed by atoms with van der Waals surface area (Å²) in [5, 5.41) is 3.77. The number of rotatable bonds is 7. The zero-order valence-corrected chi connectivity index (χ0v) is 16.6. The number of nitrogens with zero attached hydrogens (tertiary/aromatic N) is 2. The lowest BCUT2D eigenvalue weighted by molar-refractivity contribution is 0.316. The average molecular weight is 389 g/mol. The van der Waals surface area contributed by atoms with Crippen molar-refractivity contribution in [1.29, 1.82) is 0 Å². The van der Waals surface area contributed by atoms with E-state index in [1.165, 1.54) is 5.56 Å². The van der Waals surface area contributed by atoms with Crippen LogP contribution < -0.4 is 9.47 Å². The number of ether oxygens (including phenoxy) is 2. The molecule has 0 saturated heterocycles. The van der Waals surface area contributed by atoms with Gasteiger partial charge < -0.3 is 9.47 Å². The molecule has 4 nitrogen and oxygen atoms in total. The molecule has 0 radical (unpaired) electrons. The van der Waals surface area contributed by atoms with Crippen LogP contribution in [0, 0.1) is 0 Å². The van der Waals surface area contributed by atoms with Gasteiger partial charge in [-0.25, -0.2) is 4.98 Å². The van der Waals surface area contributed by atoms with Crippen LogP contribution in [0.15, 0.2) is 47.8 Å². The number of hydrogen-bond donors (Lipinski definition) is 0. The molecule has 0 atom stereocenters. The molecule has 0 N–H and O–H groups in total. The highest BCUT2D eigenvalue weighted by Gasteiger charge is 2.15. The zero-order valence-electron chi connectivity index (χ0n) is 15.0. The van der Waals surface area contributed by atoms with Gasteiger partial charge in [-0.2, -0.15) is 0 Å². The summed E-state index contributed by atoms with van der Waals surface area (Å²) in [6.07, 6.45) is 0. The quantitative estimate of drug-likeness (QED) is 0.563. The minimum atomic E-state index is 0.710. The second kappa shape index (κ2) is 8.54. The molecule has 0 unspecified atom stereocenters. The van der Waals surface area contributed by atoms with Gasteiger partial charge in [0.1, 0.15) is 5.01 Å². The molecule has 0 amide bonds. The minimum Gasteiger partial charge on any atom is -0.493 e. The Morgan fingerprint density at radius 2 is 1.81 bits per heavy atom. The van der Waals surface area contributed by atoms with Crippen molar-refractivity contribution in [3.63, 3.8) is 0 Å². The highest BCUT2D eigenvalue weighted by Crippen LogP contribution is 2.39. The van der Waals surface area contributed by atoms with Crippen LogP contribution in [-0.2, 0) is 13.1 Å². The van der Waals surface area contributed by atoms with Crippen molar-refractivity contribution in [3.8, 4) is 22.1 Å². The maximum atomic E-state index is 5.94. The van der Waals surface area contributed by atoms with Gasteiger partial charge in [-0.05, 0) is 36.9 Å². The molecule has 3 rings (SSSR count). The highest BCUT2D eigenvalue weighted by atomic mass is 35.5. The van der Waals surface area contributed by atoms with Crippen LogP contribution in [0.3, 0.4) is 0 Å². The van der Waals surface area contributed by atoms with Crippen LogP contribution in [0.5, 0.6) is 11.5 Å². The number of para-hydroxylation sites is 1. The zero-order chi connectivity index (χ0) is 18.5. The molecule has 6 heteroatoms. The molecule has 0 spiro atoms. The van der Waals surface area contributed by atoms with Gasteiger partial charge in [0.2, 0.25) is 0 Å². The van der Waals surface area contributed by atoms with E-state index in [2.05, 4.69) is 17.3 Å². The third-order valence-corrected chi connectivity index (χ3v) is 5.16. The summed E-state index contributed by atoms with van der Waals surface area (Å²) in [6, 6.07) is 13.8. The van der Waals surface area contributed by atoms with E-state index in [9.17, 15) is 0 Å². The molecular weight excluding hydrogens is 368 g/mol. The Labute approximate surface area is 163 Å². The summed E-state index contributed by atoms with van der Waals surface area (Å²) in [4.78, 5) is 7.01. The number of thiazole rings is 1. The first-order chi connectivity index (χ1) is 12.6. The molecule has 0 bridgehead atoms. The van der Waals surface area contributed by atoms with E-state index < -0.39 is 0 Å². The summed E-state index contributed by atoms with van der Waals surface area (Å²) in [5.74, 6) is 1.42. The Morgan fingerprint density at radius 1 is 1.04 bits per heavy atom. The van der Waals surface area contributed by atoms with E-state index >= 15 is 0 Å². The first-order valence-electron chi connectivity index (χ1n) is 8.19. The Balaban J connectivity index is 1.73. The predicted molar refractivity (Wildman–Crippen MR) is 107 cm³/mol. The van der Waals surface area contributed by atoms with Crippen LogP contribution in [-0.4, -0.2) is 31.2 Å². The summed E-state index contributed by atoms with van der Waals surface area (Å²) in [6.45, 7) is 1.61. The Hall–Kier alpha value is -2.08. The maximum Gasteiger partial charge on any atom is 0.170 e. The van der Waals surface area contributed by atoms with Crippen molar-refractivity contribution in [2.45, 2.75) is 13.1 Å². The molecule has 1 heterocycles. The number of hydrogen-bond acceptors (Lipinski definition) is 5. The van der Waals surface area contributed by atoms with E-state index in [-0.39, 0.29) is 0 Å². The molecule has 3 aromatic rings. The second-order valence-electron chi connectivity index (χ2n) is 5.98. The van der Waals surface area contributed by atoms with Gasteiger partial charge >= 0.3 is 0 Å². The fourth-order valence-corrected chi connectivity index (χ4v) is 3.75. The molecule has 0 saturated carbocycles. The smallest absolute Gasteiger partial charge is 0.170 e. The Morgan fingerprint density at radius 3 is 2.50 bits per heavy atom. The lowest BCUT2D eigenvalue weighted by Crippen LogP contribution is -2.17. The number of benzene rings is 2. The lowest BCUT2D eigenvalue weighted by Gasteiger charge is -2.15. The van der Waals surface area contributed by atoms with Crippen LogP contribution in [0.4, 0.5) is 0 Å². The number of halogens is 1. The molecule has 0 aliphatic heterocycles. The maximum absolute atomic E-state index is 5.94. The largest absolute Gasteiger partial charge is 0.493 e. The van der Waals surface area contributed by atoms with Gasteiger partial charge in [0.15, 0.2) is 11.5 Å². The predicted octanol–water partition coefficient (Wildman–Crippen LogP) is 5.11. The van der Waals surface area contributed by atoms with Crippen LogP contribution in [0.1, 0.15) is 11.3 Å². The highest BCUT2D eigenvalue weighted by molar-refractivity contribution is 7.13. The monoisotopic (exact) mass is 388 g/mol. The van der Waals surface area contributed by atoms with Gasteiger partial charge in [0.25, 0.3) is 0 Å². The van der Waals surface area contributed by atoms with Crippen LogP contribution in [0.25, 0.3) is 10.6 Å². The average Bonchev–Trinajstić information content (AvgIpc) is 3.11. The van der Waals surface area contributed by atoms with Crippen LogP contribution >= 0.6 is 22.9 Å². The first kappa shape index (κ1) is 18.7. The summed E-state index contributed by atoms with van der Waals surface area (Å²) < 4.78 is 10.9. The van der Waals surface area contributed by atoms with Crippen molar-refractivity contribution < 1.29 is 9.47 Å². The van der Waals surface area contributed by atoms with Gasteiger partial charge in [0.05, 0.1) is 25.5 Å². The molecule has 0 fully saturated rings. The lowest BCUT2D eigenvalue weighted by atomic mass is 10.2. The van der Waals surface area contributed by atoms with E-state index in [1.54, 1.807) is 25.6 Å². The van der Waals surface area contributed by atoms with Crippen LogP contribution in [0.2, 0.25) is 5.02 Å². The molecule has 1 aromatic heterocycles. The molecule has 2 aromatic carbocycles. The first-order valence-corrected chi connectivity index (χ1v) is 9.45. The summed E-state index contributed by atoms with van der Waals surface area (Å²) in [5.41, 5.74) is 3.21. The number of methoxy groups -OCH3 is 2. The van der Waals surface area contributed by atoms with Crippen molar-refractivity contribution in [2.24, 2.45) is 0 Å². The molecule has 26 heavy (non-hydrogen) atoms. The van der Waals surface area contributed by atoms with Gasteiger partial charge in [-0.1, -0.05) is 29.8 Å².